The first-order valence-corrected chi connectivity index (χ1v) is 6.99. The Morgan fingerprint density at radius 1 is 0.909 bits per heavy atom. The maximum atomic E-state index is 5.63. The highest BCUT2D eigenvalue weighted by Gasteiger charge is 2.10. The molecule has 0 unspecified atom stereocenters. The molecule has 5 heteroatoms. The van der Waals surface area contributed by atoms with Gasteiger partial charge in [-0.05, 0) is 30.2 Å². The lowest BCUT2D eigenvalue weighted by Gasteiger charge is -2.12. The number of nitrogen functional groups attached to an aromatic ring is 1. The summed E-state index contributed by atoms with van der Waals surface area (Å²) in [5.41, 5.74) is 6.66. The molecule has 4 N–H and O–H groups in total. The third kappa shape index (κ3) is 2.89. The lowest BCUT2D eigenvalue weighted by atomic mass is 10.0. The number of benzene rings is 2. The molecule has 0 aliphatic rings. The van der Waals surface area contributed by atoms with Gasteiger partial charge in [-0.25, -0.2) is 10.8 Å². The van der Waals surface area contributed by atoms with Crippen LogP contribution in [0.15, 0.2) is 60.8 Å². The summed E-state index contributed by atoms with van der Waals surface area (Å²) in [6, 6.07) is 17.8. The average molecular weight is 291 g/mol. The van der Waals surface area contributed by atoms with Crippen LogP contribution in [0.3, 0.4) is 0 Å². The number of para-hydroxylation sites is 1. The first kappa shape index (κ1) is 14.0. The number of nitrogens with zero attached hydrogens (tertiary/aromatic N) is 2. The van der Waals surface area contributed by atoms with Crippen LogP contribution in [0, 0.1) is 6.92 Å². The number of hydrogen-bond acceptors (Lipinski definition) is 5. The topological polar surface area (TPSA) is 75.9 Å². The maximum Gasteiger partial charge on any atom is 0.229 e. The van der Waals surface area contributed by atoms with E-state index in [0.29, 0.717) is 11.8 Å². The van der Waals surface area contributed by atoms with Crippen LogP contribution >= 0.6 is 0 Å². The maximum absolute atomic E-state index is 5.63. The molecule has 0 fully saturated rings. The molecule has 0 radical (unpaired) electrons. The number of nitrogens with two attached hydrogens (primary N) is 1. The van der Waals surface area contributed by atoms with E-state index in [0.717, 1.165) is 22.4 Å². The highest BCUT2D eigenvalue weighted by molar-refractivity contribution is 5.77. The molecule has 5 nitrogen and oxygen atoms in total. The van der Waals surface area contributed by atoms with Gasteiger partial charge in [0.15, 0.2) is 5.82 Å². The summed E-state index contributed by atoms with van der Waals surface area (Å²) in [5.74, 6) is 6.71. The molecule has 22 heavy (non-hydrogen) atoms. The van der Waals surface area contributed by atoms with Gasteiger partial charge in [0.25, 0.3) is 0 Å². The summed E-state index contributed by atoms with van der Waals surface area (Å²) in [4.78, 5) is 8.83. The minimum atomic E-state index is 0.497. The van der Waals surface area contributed by atoms with Crippen LogP contribution in [0.25, 0.3) is 11.1 Å². The van der Waals surface area contributed by atoms with Crippen molar-refractivity contribution in [1.29, 1.82) is 0 Å². The van der Waals surface area contributed by atoms with Crippen molar-refractivity contribution in [3.63, 3.8) is 0 Å². The molecule has 0 aliphatic carbocycles. The predicted octanol–water partition coefficient (Wildman–Crippen LogP) is 3.48. The second kappa shape index (κ2) is 6.24. The fraction of sp³-hybridized carbons (Fsp3) is 0.0588. The fourth-order valence-corrected chi connectivity index (χ4v) is 2.27. The molecule has 0 saturated heterocycles. The number of rotatable bonds is 4. The molecule has 0 spiro atoms. The number of nitrogens with one attached hydrogen (secondary N) is 2. The molecule has 0 saturated carbocycles. The minimum absolute atomic E-state index is 0.497. The molecular weight excluding hydrogens is 274 g/mol. The van der Waals surface area contributed by atoms with E-state index in [4.69, 9.17) is 5.84 Å². The number of hydrogen-bond donors (Lipinski definition) is 3. The monoisotopic (exact) mass is 291 g/mol. The van der Waals surface area contributed by atoms with Crippen LogP contribution in [0.2, 0.25) is 0 Å². The number of hydrazine groups is 1. The smallest absolute Gasteiger partial charge is 0.229 e. The first-order valence-electron chi connectivity index (χ1n) is 6.99. The van der Waals surface area contributed by atoms with Crippen molar-refractivity contribution in [2.24, 2.45) is 5.84 Å². The molecule has 0 amide bonds. The molecule has 0 aliphatic heterocycles. The van der Waals surface area contributed by atoms with Gasteiger partial charge in [-0.1, -0.05) is 42.5 Å². The number of aryl methyl sites for hydroxylation is 1. The van der Waals surface area contributed by atoms with Gasteiger partial charge in [-0.15, -0.1) is 0 Å². The van der Waals surface area contributed by atoms with Gasteiger partial charge in [0.2, 0.25) is 5.95 Å². The summed E-state index contributed by atoms with van der Waals surface area (Å²) in [5, 5.41) is 3.15. The number of anilines is 3. The molecule has 1 heterocycles. The Hall–Kier alpha value is -2.92. The average Bonchev–Trinajstić information content (AvgIpc) is 2.56. The molecule has 2 aromatic carbocycles. The van der Waals surface area contributed by atoms with E-state index < -0.39 is 0 Å². The Balaban J connectivity index is 1.96. The van der Waals surface area contributed by atoms with Crippen molar-refractivity contribution < 1.29 is 0 Å². The van der Waals surface area contributed by atoms with Crippen molar-refractivity contribution in [2.75, 3.05) is 10.7 Å². The Labute approximate surface area is 129 Å². The second-order valence-corrected chi connectivity index (χ2v) is 4.91. The zero-order valence-electron chi connectivity index (χ0n) is 12.2. The minimum Gasteiger partial charge on any atom is -0.324 e. The van der Waals surface area contributed by atoms with Gasteiger partial charge in [0.1, 0.15) is 0 Å². The summed E-state index contributed by atoms with van der Waals surface area (Å²) in [6.07, 6.45) is 1.77. The van der Waals surface area contributed by atoms with Gasteiger partial charge in [-0.3, -0.25) is 0 Å². The Morgan fingerprint density at radius 3 is 2.36 bits per heavy atom. The third-order valence-electron chi connectivity index (χ3n) is 3.39. The van der Waals surface area contributed by atoms with Crippen molar-refractivity contribution in [3.05, 3.63) is 66.4 Å². The van der Waals surface area contributed by atoms with Crippen LogP contribution < -0.4 is 16.6 Å². The molecular formula is C17H17N5. The van der Waals surface area contributed by atoms with Crippen LogP contribution in [-0.4, -0.2) is 9.97 Å². The molecule has 3 aromatic rings. The molecule has 1 aromatic heterocycles. The van der Waals surface area contributed by atoms with Crippen molar-refractivity contribution in [1.82, 2.24) is 9.97 Å². The summed E-state index contributed by atoms with van der Waals surface area (Å²) in [7, 11) is 0. The standard InChI is InChI=1S/C17H17N5/c1-12-7-5-6-10-14(12)15-11-19-17(21-16(15)22-18)20-13-8-3-2-4-9-13/h2-11H,18H2,1H3,(H2,19,20,21,22). The lowest BCUT2D eigenvalue weighted by molar-refractivity contribution is 1.14. The zero-order chi connectivity index (χ0) is 15.4. The second-order valence-electron chi connectivity index (χ2n) is 4.91. The van der Waals surface area contributed by atoms with Crippen molar-refractivity contribution in [2.45, 2.75) is 6.92 Å². The fourth-order valence-electron chi connectivity index (χ4n) is 2.27. The summed E-state index contributed by atoms with van der Waals surface area (Å²) in [6.45, 7) is 2.05. The highest BCUT2D eigenvalue weighted by Crippen LogP contribution is 2.29. The van der Waals surface area contributed by atoms with Gasteiger partial charge in [0.05, 0.1) is 0 Å². The molecule has 3 rings (SSSR count). The SMILES string of the molecule is Cc1ccccc1-c1cnc(Nc2ccccc2)nc1NN. The highest BCUT2D eigenvalue weighted by atomic mass is 15.3. The van der Waals surface area contributed by atoms with Crippen molar-refractivity contribution in [3.8, 4) is 11.1 Å². The Bertz CT molecular complexity index is 771. The van der Waals surface area contributed by atoms with E-state index in [1.54, 1.807) is 6.20 Å². The quantitative estimate of drug-likeness (QED) is 0.507. The molecule has 0 atom stereocenters. The van der Waals surface area contributed by atoms with E-state index in [1.807, 2.05) is 61.5 Å². The van der Waals surface area contributed by atoms with Gasteiger partial charge in [-0.2, -0.15) is 4.98 Å². The number of aromatic nitrogens is 2. The van der Waals surface area contributed by atoms with Gasteiger partial charge in [0, 0.05) is 17.4 Å². The largest absolute Gasteiger partial charge is 0.324 e. The van der Waals surface area contributed by atoms with Crippen LogP contribution in [0.5, 0.6) is 0 Å². The molecule has 110 valence electrons. The van der Waals surface area contributed by atoms with E-state index in [1.165, 1.54) is 0 Å². The first-order chi connectivity index (χ1) is 10.8. The lowest BCUT2D eigenvalue weighted by Crippen LogP contribution is -2.12. The zero-order valence-corrected chi connectivity index (χ0v) is 12.2. The van der Waals surface area contributed by atoms with E-state index >= 15 is 0 Å². The Kier molecular flexibility index (Phi) is 3.98. The normalized spacial score (nSPS) is 10.3. The third-order valence-corrected chi connectivity index (χ3v) is 3.39. The van der Waals surface area contributed by atoms with Crippen LogP contribution in [0.4, 0.5) is 17.5 Å². The van der Waals surface area contributed by atoms with Crippen LogP contribution in [-0.2, 0) is 0 Å². The molecule has 0 bridgehead atoms. The Morgan fingerprint density at radius 2 is 1.64 bits per heavy atom. The van der Waals surface area contributed by atoms with E-state index in [-0.39, 0.29) is 0 Å². The van der Waals surface area contributed by atoms with Crippen molar-refractivity contribution >= 4 is 17.5 Å². The van der Waals surface area contributed by atoms with Gasteiger partial charge < -0.3 is 10.7 Å². The van der Waals surface area contributed by atoms with E-state index in [9.17, 15) is 0 Å². The van der Waals surface area contributed by atoms with E-state index in [2.05, 4.69) is 20.7 Å². The summed E-state index contributed by atoms with van der Waals surface area (Å²) >= 11 is 0. The van der Waals surface area contributed by atoms with Gasteiger partial charge >= 0.3 is 0 Å². The predicted molar refractivity (Wildman–Crippen MR) is 89.7 cm³/mol. The summed E-state index contributed by atoms with van der Waals surface area (Å²) < 4.78 is 0. The van der Waals surface area contributed by atoms with Crippen LogP contribution in [0.1, 0.15) is 5.56 Å².